The molecule has 0 bridgehead atoms. The molecule has 4 aliphatic rings. The fourth-order valence-corrected chi connectivity index (χ4v) is 9.26. The van der Waals surface area contributed by atoms with Crippen molar-refractivity contribution in [2.75, 3.05) is 7.11 Å². The Kier molecular flexibility index (Phi) is 6.35. The lowest BCUT2D eigenvalue weighted by Gasteiger charge is -2.62. The normalized spacial score (nSPS) is 47.8. The molecule has 0 aliphatic heterocycles. The van der Waals surface area contributed by atoms with Gasteiger partial charge in [-0.15, -0.1) is 0 Å². The second kappa shape index (κ2) is 8.47. The molecule has 0 heterocycles. The fraction of sp³-hybridized carbons (Fsp3) is 0.926. The van der Waals surface area contributed by atoms with Gasteiger partial charge in [-0.05, 0) is 98.2 Å². The number of fused-ring (bicyclic) bond motifs is 5. The van der Waals surface area contributed by atoms with Crippen LogP contribution in [0.3, 0.4) is 0 Å². The van der Waals surface area contributed by atoms with E-state index in [1.165, 1.54) is 20.0 Å². The molecule has 0 aromatic heterocycles. The number of ether oxygens (including phenoxy) is 1. The van der Waals surface area contributed by atoms with Gasteiger partial charge in [-0.2, -0.15) is 0 Å². The summed E-state index contributed by atoms with van der Waals surface area (Å²) >= 11 is 0. The lowest BCUT2D eigenvalue weighted by atomic mass is 9.42. The maximum Gasteiger partial charge on any atom is 0.305 e. The molecule has 0 aromatic carbocycles. The summed E-state index contributed by atoms with van der Waals surface area (Å²) in [5.74, 6) is 3.16. The first-order valence-corrected chi connectivity index (χ1v) is 13.0. The van der Waals surface area contributed by atoms with Gasteiger partial charge in [0.1, 0.15) is 5.78 Å². The van der Waals surface area contributed by atoms with Crippen LogP contribution < -0.4 is 0 Å². The molecule has 4 saturated carbocycles. The number of aliphatic hydroxyl groups excluding tert-OH is 1. The van der Waals surface area contributed by atoms with E-state index in [0.29, 0.717) is 41.8 Å². The molecule has 4 fully saturated rings. The first-order valence-electron chi connectivity index (χ1n) is 13.0. The molecule has 0 saturated heterocycles. The van der Waals surface area contributed by atoms with Crippen LogP contribution in [0.5, 0.6) is 0 Å². The highest BCUT2D eigenvalue weighted by atomic mass is 16.5. The van der Waals surface area contributed by atoms with E-state index in [0.717, 1.165) is 44.9 Å². The molecule has 0 aromatic rings. The highest BCUT2D eigenvalue weighted by Gasteiger charge is 2.65. The third-order valence-corrected chi connectivity index (χ3v) is 10.9. The van der Waals surface area contributed by atoms with E-state index in [9.17, 15) is 14.7 Å². The molecule has 31 heavy (non-hydrogen) atoms. The highest BCUT2D eigenvalue weighted by molar-refractivity contribution is 5.86. The van der Waals surface area contributed by atoms with Crippen molar-refractivity contribution in [1.29, 1.82) is 0 Å². The summed E-state index contributed by atoms with van der Waals surface area (Å²) in [6.45, 7) is 9.42. The number of Topliss-reactive ketones (excluding diaryl/α,β-unsaturated/α-hetero) is 1. The van der Waals surface area contributed by atoms with Gasteiger partial charge >= 0.3 is 5.97 Å². The van der Waals surface area contributed by atoms with Crippen molar-refractivity contribution < 1.29 is 19.4 Å². The van der Waals surface area contributed by atoms with Crippen LogP contribution in [0.15, 0.2) is 0 Å². The van der Waals surface area contributed by atoms with E-state index in [1.807, 2.05) is 0 Å². The molecule has 1 N–H and O–H groups in total. The molecule has 4 unspecified atom stereocenters. The van der Waals surface area contributed by atoms with Gasteiger partial charge in [-0.1, -0.05) is 27.7 Å². The van der Waals surface area contributed by atoms with Crippen molar-refractivity contribution in [3.05, 3.63) is 0 Å². The molecule has 4 nitrogen and oxygen atoms in total. The van der Waals surface area contributed by atoms with Gasteiger partial charge in [0.2, 0.25) is 0 Å². The van der Waals surface area contributed by atoms with Crippen molar-refractivity contribution in [2.24, 2.45) is 52.3 Å². The van der Waals surface area contributed by atoms with Gasteiger partial charge in [0.05, 0.1) is 13.2 Å². The van der Waals surface area contributed by atoms with Crippen molar-refractivity contribution in [1.82, 2.24) is 0 Å². The summed E-state index contributed by atoms with van der Waals surface area (Å²) in [7, 11) is 1.47. The van der Waals surface area contributed by atoms with Gasteiger partial charge in [-0.3, -0.25) is 9.59 Å². The molecule has 4 heteroatoms. The van der Waals surface area contributed by atoms with E-state index in [-0.39, 0.29) is 34.7 Å². The van der Waals surface area contributed by atoms with E-state index >= 15 is 0 Å². The maximum absolute atomic E-state index is 14.0. The minimum atomic E-state index is -0.225. The van der Waals surface area contributed by atoms with Crippen LogP contribution in [0.4, 0.5) is 0 Å². The third-order valence-electron chi connectivity index (χ3n) is 10.9. The van der Waals surface area contributed by atoms with Crippen molar-refractivity contribution >= 4 is 11.8 Å². The highest BCUT2D eigenvalue weighted by Crippen LogP contribution is 2.68. The Morgan fingerprint density at radius 1 is 1.10 bits per heavy atom. The molecule has 10 atom stereocenters. The lowest BCUT2D eigenvalue weighted by Crippen LogP contribution is -2.60. The molecule has 4 rings (SSSR count). The molecule has 0 radical (unpaired) electrons. The zero-order chi connectivity index (χ0) is 22.6. The van der Waals surface area contributed by atoms with Gasteiger partial charge in [0.25, 0.3) is 0 Å². The lowest BCUT2D eigenvalue weighted by molar-refractivity contribution is -0.173. The number of ketones is 1. The summed E-state index contributed by atoms with van der Waals surface area (Å²) in [5, 5.41) is 10.4. The standard InChI is InChI=1S/C27H44O4/c1-6-18-22-15-17(28)11-13-27(22,4)21-12-14-26(3)19(16(2)7-10-23(29)31-5)8-9-20(26)24(21)25(18)30/h16-22,24,28H,6-15H2,1-5H3/t16-,17?,18-,19?,20?,21?,22+,24+,26-,27-/m1/s1. The van der Waals surface area contributed by atoms with Crippen molar-refractivity contribution in [3.8, 4) is 0 Å². The third kappa shape index (κ3) is 3.60. The second-order valence-electron chi connectivity index (χ2n) is 12.0. The average Bonchev–Trinajstić information content (AvgIpc) is 3.10. The summed E-state index contributed by atoms with van der Waals surface area (Å²) in [6, 6.07) is 0. The zero-order valence-corrected chi connectivity index (χ0v) is 20.4. The summed E-state index contributed by atoms with van der Waals surface area (Å²) in [5.41, 5.74) is 0.413. The zero-order valence-electron chi connectivity index (χ0n) is 20.4. The minimum absolute atomic E-state index is 0.109. The predicted octanol–water partition coefficient (Wildman–Crippen LogP) is 5.41. The molecular weight excluding hydrogens is 388 g/mol. The topological polar surface area (TPSA) is 63.6 Å². The van der Waals surface area contributed by atoms with E-state index in [2.05, 4.69) is 27.7 Å². The monoisotopic (exact) mass is 432 g/mol. The van der Waals surface area contributed by atoms with Crippen LogP contribution >= 0.6 is 0 Å². The average molecular weight is 433 g/mol. The SMILES string of the molecule is CC[C@H]1C(=O)[C@H]2C3CCC([C@H](C)CCC(=O)OC)[C@@]3(C)CCC2[C@@]2(C)CCC(O)C[C@@H]12. The van der Waals surface area contributed by atoms with Crippen molar-refractivity contribution in [3.63, 3.8) is 0 Å². The Labute approximate surface area is 188 Å². The van der Waals surface area contributed by atoms with Crippen LogP contribution in [0.1, 0.15) is 91.9 Å². The van der Waals surface area contributed by atoms with Crippen LogP contribution in [-0.4, -0.2) is 30.1 Å². The second-order valence-corrected chi connectivity index (χ2v) is 12.0. The first kappa shape index (κ1) is 23.3. The van der Waals surface area contributed by atoms with Crippen LogP contribution in [0.2, 0.25) is 0 Å². The smallest absolute Gasteiger partial charge is 0.305 e. The number of methoxy groups -OCH3 is 1. The van der Waals surface area contributed by atoms with E-state index in [4.69, 9.17) is 4.74 Å². The Balaban J connectivity index is 1.59. The quantitative estimate of drug-likeness (QED) is 0.590. The van der Waals surface area contributed by atoms with Gasteiger partial charge in [0, 0.05) is 18.3 Å². The van der Waals surface area contributed by atoms with Crippen LogP contribution in [-0.2, 0) is 14.3 Å². The van der Waals surface area contributed by atoms with E-state index in [1.54, 1.807) is 0 Å². The first-order chi connectivity index (χ1) is 14.7. The number of hydrogen-bond donors (Lipinski definition) is 1. The molecular formula is C27H44O4. The largest absolute Gasteiger partial charge is 0.469 e. The Bertz CT molecular complexity index is 703. The van der Waals surface area contributed by atoms with Crippen molar-refractivity contribution in [2.45, 2.75) is 98.0 Å². The molecule has 0 amide bonds. The number of esters is 1. The Morgan fingerprint density at radius 3 is 2.45 bits per heavy atom. The number of aliphatic hydroxyl groups is 1. The van der Waals surface area contributed by atoms with E-state index < -0.39 is 0 Å². The predicted molar refractivity (Wildman–Crippen MR) is 121 cm³/mol. The van der Waals surface area contributed by atoms with Gasteiger partial charge in [0.15, 0.2) is 0 Å². The maximum atomic E-state index is 14.0. The molecule has 176 valence electrons. The summed E-state index contributed by atoms with van der Waals surface area (Å²) in [4.78, 5) is 25.7. The van der Waals surface area contributed by atoms with Gasteiger partial charge in [-0.25, -0.2) is 0 Å². The van der Waals surface area contributed by atoms with Crippen LogP contribution in [0.25, 0.3) is 0 Å². The minimum Gasteiger partial charge on any atom is -0.469 e. The van der Waals surface area contributed by atoms with Gasteiger partial charge < -0.3 is 9.84 Å². The summed E-state index contributed by atoms with van der Waals surface area (Å²) < 4.78 is 4.87. The number of carbonyl (C=O) groups is 2. The molecule has 4 aliphatic carbocycles. The summed E-state index contributed by atoms with van der Waals surface area (Å²) in [6.07, 6.45) is 9.59. The Hall–Kier alpha value is -0.900. The van der Waals surface area contributed by atoms with Crippen LogP contribution in [0, 0.1) is 52.3 Å². The molecule has 0 spiro atoms. The number of rotatable bonds is 5. The fourth-order valence-electron chi connectivity index (χ4n) is 9.26. The Morgan fingerprint density at radius 2 is 1.77 bits per heavy atom. The number of carbonyl (C=O) groups excluding carboxylic acids is 2. The number of hydrogen-bond acceptors (Lipinski definition) is 4.